The Morgan fingerprint density at radius 2 is 2.12 bits per heavy atom. The molecule has 0 unspecified atom stereocenters. The fraction of sp³-hybridized carbons (Fsp3) is 0.250. The van der Waals surface area contributed by atoms with Crippen molar-refractivity contribution in [3.63, 3.8) is 0 Å². The summed E-state index contributed by atoms with van der Waals surface area (Å²) in [6.07, 6.45) is 6.32. The van der Waals surface area contributed by atoms with Gasteiger partial charge >= 0.3 is 0 Å². The molecular formula is C20H16N4O. The number of aromatic nitrogens is 3. The lowest BCUT2D eigenvalue weighted by atomic mass is 9.77. The van der Waals surface area contributed by atoms with E-state index in [4.69, 9.17) is 5.26 Å². The van der Waals surface area contributed by atoms with Gasteiger partial charge in [0.1, 0.15) is 12.2 Å². The van der Waals surface area contributed by atoms with Crippen LogP contribution in [0.15, 0.2) is 49.1 Å². The minimum Gasteiger partial charge on any atom is -0.386 e. The molecule has 0 spiro atoms. The molecule has 0 saturated carbocycles. The van der Waals surface area contributed by atoms with Crippen molar-refractivity contribution in [2.24, 2.45) is 5.92 Å². The van der Waals surface area contributed by atoms with Crippen LogP contribution in [0.3, 0.4) is 0 Å². The van der Waals surface area contributed by atoms with Gasteiger partial charge in [-0.1, -0.05) is 24.3 Å². The van der Waals surface area contributed by atoms with Crippen LogP contribution in [-0.2, 0) is 6.42 Å². The van der Waals surface area contributed by atoms with Crippen LogP contribution in [0, 0.1) is 17.2 Å². The largest absolute Gasteiger partial charge is 0.386 e. The van der Waals surface area contributed by atoms with Crippen LogP contribution in [-0.4, -0.2) is 19.6 Å². The van der Waals surface area contributed by atoms with E-state index in [-0.39, 0.29) is 12.0 Å². The third kappa shape index (κ3) is 1.98. The van der Waals surface area contributed by atoms with Crippen molar-refractivity contribution in [1.82, 2.24) is 14.5 Å². The summed E-state index contributed by atoms with van der Waals surface area (Å²) in [5.41, 5.74) is 5.77. The van der Waals surface area contributed by atoms with Crippen molar-refractivity contribution < 1.29 is 5.11 Å². The van der Waals surface area contributed by atoms with Gasteiger partial charge in [-0.2, -0.15) is 5.26 Å². The monoisotopic (exact) mass is 328 g/mol. The van der Waals surface area contributed by atoms with Crippen LogP contribution in [0.5, 0.6) is 0 Å². The molecule has 0 fully saturated rings. The average Bonchev–Trinajstić information content (AvgIpc) is 3.23. The molecule has 25 heavy (non-hydrogen) atoms. The number of nitrogens with zero attached hydrogens (tertiary/aromatic N) is 4. The highest BCUT2D eigenvalue weighted by molar-refractivity contribution is 5.69. The van der Waals surface area contributed by atoms with E-state index in [9.17, 15) is 5.11 Å². The zero-order valence-corrected chi connectivity index (χ0v) is 13.5. The first-order valence-corrected chi connectivity index (χ1v) is 8.46. The Kier molecular flexibility index (Phi) is 3.03. The zero-order chi connectivity index (χ0) is 17.0. The lowest BCUT2D eigenvalue weighted by Crippen LogP contribution is -2.29. The molecule has 1 aliphatic heterocycles. The second-order valence-corrected chi connectivity index (χ2v) is 6.75. The molecule has 1 aliphatic carbocycles. The number of nitriles is 1. The zero-order valence-electron chi connectivity index (χ0n) is 13.5. The third-order valence-electron chi connectivity index (χ3n) is 5.49. The predicted octanol–water partition coefficient (Wildman–Crippen LogP) is 3.02. The first-order chi connectivity index (χ1) is 12.3. The van der Waals surface area contributed by atoms with Crippen LogP contribution in [0.1, 0.15) is 41.0 Å². The molecule has 2 aliphatic rings. The number of aliphatic hydroxyl groups excluding tert-OH is 1. The van der Waals surface area contributed by atoms with Crippen molar-refractivity contribution in [3.05, 3.63) is 71.4 Å². The summed E-state index contributed by atoms with van der Waals surface area (Å²) in [6.45, 7) is 0. The highest BCUT2D eigenvalue weighted by atomic mass is 16.3. The minimum atomic E-state index is -0.650. The van der Waals surface area contributed by atoms with E-state index in [0.717, 1.165) is 24.1 Å². The van der Waals surface area contributed by atoms with E-state index in [0.29, 0.717) is 11.3 Å². The number of hydrogen-bond acceptors (Lipinski definition) is 4. The molecule has 1 N–H and O–H groups in total. The van der Waals surface area contributed by atoms with Crippen molar-refractivity contribution in [2.75, 3.05) is 0 Å². The standard InChI is InChI=1S/C20H16N4O/c21-8-12-7-13-5-6-16(20(25)18(13)23-9-12)19-15-4-2-1-3-14(15)17-10-22-11-24(17)19/h1-4,7,9-11,16,19-20,25H,5-6H2/t16-,19-,20-/m0/s1. The molecule has 5 rings (SSSR count). The molecule has 3 heterocycles. The van der Waals surface area contributed by atoms with E-state index in [1.807, 2.05) is 30.7 Å². The predicted molar refractivity (Wildman–Crippen MR) is 91.5 cm³/mol. The van der Waals surface area contributed by atoms with Crippen LogP contribution in [0.25, 0.3) is 11.3 Å². The number of aryl methyl sites for hydroxylation is 1. The fourth-order valence-electron chi connectivity index (χ4n) is 4.37. The number of fused-ring (bicyclic) bond motifs is 4. The van der Waals surface area contributed by atoms with Gasteiger partial charge in [-0.25, -0.2) is 4.98 Å². The Labute approximate surface area is 145 Å². The summed E-state index contributed by atoms with van der Waals surface area (Å²) in [4.78, 5) is 8.70. The highest BCUT2D eigenvalue weighted by Gasteiger charge is 2.41. The molecule has 5 heteroatoms. The SMILES string of the molecule is N#Cc1cnc2c(c1)CC[C@@H]([C@@H]1c3ccccc3-c3cncn31)[C@@H]2O. The van der Waals surface area contributed by atoms with Crippen LogP contribution < -0.4 is 0 Å². The average molecular weight is 328 g/mol. The molecule has 5 nitrogen and oxygen atoms in total. The van der Waals surface area contributed by atoms with Gasteiger partial charge in [0.2, 0.25) is 0 Å². The second-order valence-electron chi connectivity index (χ2n) is 6.75. The summed E-state index contributed by atoms with van der Waals surface area (Å²) in [5.74, 6) is 0.0320. The Hall–Kier alpha value is -2.97. The normalized spacial score (nSPS) is 23.4. The number of rotatable bonds is 1. The lowest BCUT2D eigenvalue weighted by molar-refractivity contribution is 0.0679. The van der Waals surface area contributed by atoms with E-state index in [2.05, 4.69) is 32.7 Å². The number of pyridine rings is 1. The van der Waals surface area contributed by atoms with Gasteiger partial charge in [0.25, 0.3) is 0 Å². The third-order valence-corrected chi connectivity index (χ3v) is 5.49. The molecule has 2 aromatic heterocycles. The topological polar surface area (TPSA) is 74.7 Å². The molecule has 0 saturated heterocycles. The van der Waals surface area contributed by atoms with Crippen molar-refractivity contribution in [2.45, 2.75) is 25.0 Å². The van der Waals surface area contributed by atoms with Crippen LogP contribution in [0.4, 0.5) is 0 Å². The fourth-order valence-corrected chi connectivity index (χ4v) is 4.37. The van der Waals surface area contributed by atoms with Gasteiger partial charge in [0.05, 0.1) is 35.5 Å². The van der Waals surface area contributed by atoms with E-state index in [1.165, 1.54) is 11.1 Å². The van der Waals surface area contributed by atoms with Gasteiger partial charge in [0.15, 0.2) is 0 Å². The molecular weight excluding hydrogens is 312 g/mol. The second kappa shape index (κ2) is 5.27. The number of hydrogen-bond donors (Lipinski definition) is 1. The Balaban J connectivity index is 1.60. The maximum absolute atomic E-state index is 11.1. The minimum absolute atomic E-state index is 0.0320. The van der Waals surface area contributed by atoms with Crippen molar-refractivity contribution in [1.29, 1.82) is 5.26 Å². The molecule has 3 aromatic rings. The molecule has 0 radical (unpaired) electrons. The van der Waals surface area contributed by atoms with E-state index < -0.39 is 6.10 Å². The van der Waals surface area contributed by atoms with Gasteiger partial charge in [0, 0.05) is 17.7 Å². The lowest BCUT2D eigenvalue weighted by Gasteiger charge is -2.34. The maximum atomic E-state index is 11.1. The van der Waals surface area contributed by atoms with Gasteiger partial charge in [-0.3, -0.25) is 4.98 Å². The Bertz CT molecular complexity index is 1020. The van der Waals surface area contributed by atoms with Crippen LogP contribution in [0.2, 0.25) is 0 Å². The molecule has 122 valence electrons. The van der Waals surface area contributed by atoms with Gasteiger partial charge < -0.3 is 9.67 Å². The number of imidazole rings is 1. The smallest absolute Gasteiger partial charge is 0.101 e. The van der Waals surface area contributed by atoms with E-state index in [1.54, 1.807) is 6.20 Å². The van der Waals surface area contributed by atoms with Crippen molar-refractivity contribution in [3.8, 4) is 17.3 Å². The summed E-state index contributed by atoms with van der Waals surface area (Å²) >= 11 is 0. The molecule has 3 atom stereocenters. The molecule has 0 amide bonds. The highest BCUT2D eigenvalue weighted by Crippen LogP contribution is 2.49. The Morgan fingerprint density at radius 1 is 1.24 bits per heavy atom. The van der Waals surface area contributed by atoms with Crippen LogP contribution >= 0.6 is 0 Å². The first kappa shape index (κ1) is 14.4. The van der Waals surface area contributed by atoms with Gasteiger partial charge in [-0.15, -0.1) is 0 Å². The van der Waals surface area contributed by atoms with Crippen molar-refractivity contribution >= 4 is 0 Å². The summed E-state index contributed by atoms with van der Waals surface area (Å²) < 4.78 is 2.17. The maximum Gasteiger partial charge on any atom is 0.101 e. The number of benzene rings is 1. The summed E-state index contributed by atoms with van der Waals surface area (Å²) in [6, 6.07) is 12.4. The Morgan fingerprint density at radius 3 is 3.00 bits per heavy atom. The first-order valence-electron chi connectivity index (χ1n) is 8.46. The summed E-state index contributed by atoms with van der Waals surface area (Å²) in [5, 5.41) is 20.1. The van der Waals surface area contributed by atoms with Gasteiger partial charge in [-0.05, 0) is 30.0 Å². The number of aliphatic hydroxyl groups is 1. The molecule has 0 bridgehead atoms. The molecule has 1 aromatic carbocycles. The van der Waals surface area contributed by atoms with E-state index >= 15 is 0 Å². The quantitative estimate of drug-likeness (QED) is 0.745. The summed E-state index contributed by atoms with van der Waals surface area (Å²) in [7, 11) is 0.